The van der Waals surface area contributed by atoms with Gasteiger partial charge in [0.15, 0.2) is 5.13 Å². The van der Waals surface area contributed by atoms with Crippen LogP contribution in [0.3, 0.4) is 0 Å². The van der Waals surface area contributed by atoms with Crippen LogP contribution < -0.4 is 4.90 Å². The summed E-state index contributed by atoms with van der Waals surface area (Å²) in [4.78, 5) is 35.2. The van der Waals surface area contributed by atoms with Gasteiger partial charge >= 0.3 is 0 Å². The zero-order valence-corrected chi connectivity index (χ0v) is 15.5. The maximum Gasteiger partial charge on any atom is 0.261 e. The van der Waals surface area contributed by atoms with E-state index in [9.17, 15) is 9.59 Å². The first kappa shape index (κ1) is 17.2. The molecule has 2 amide bonds. The van der Waals surface area contributed by atoms with E-state index in [1.165, 1.54) is 4.90 Å². The number of unbranched alkanes of at least 4 members (excludes halogenated alkanes) is 1. The smallest absolute Gasteiger partial charge is 0.261 e. The molecule has 4 rings (SSSR count). The molecule has 0 N–H and O–H groups in total. The van der Waals surface area contributed by atoms with E-state index in [0.717, 1.165) is 50.7 Å². The van der Waals surface area contributed by atoms with Crippen molar-refractivity contribution in [3.8, 4) is 0 Å². The van der Waals surface area contributed by atoms with Gasteiger partial charge in [0.1, 0.15) is 0 Å². The lowest BCUT2D eigenvalue weighted by molar-refractivity contribution is 0.0650. The monoisotopic (exact) mass is 370 g/mol. The van der Waals surface area contributed by atoms with Crippen LogP contribution in [0.1, 0.15) is 33.6 Å². The third-order valence-electron chi connectivity index (χ3n) is 5.05. The highest BCUT2D eigenvalue weighted by Gasteiger charge is 2.34. The van der Waals surface area contributed by atoms with E-state index in [4.69, 9.17) is 0 Å². The molecule has 2 aliphatic rings. The summed E-state index contributed by atoms with van der Waals surface area (Å²) >= 11 is 1.69. The normalized spacial score (nSPS) is 17.8. The van der Waals surface area contributed by atoms with Gasteiger partial charge < -0.3 is 4.90 Å². The van der Waals surface area contributed by atoms with E-state index < -0.39 is 0 Å². The molecule has 0 atom stereocenters. The molecule has 2 aromatic rings. The Morgan fingerprint density at radius 2 is 1.58 bits per heavy atom. The molecular formula is C19H22N4O2S. The van der Waals surface area contributed by atoms with Gasteiger partial charge in [0.05, 0.1) is 11.1 Å². The molecule has 136 valence electrons. The van der Waals surface area contributed by atoms with Crippen LogP contribution >= 0.6 is 11.3 Å². The number of piperazine rings is 1. The fraction of sp³-hybridized carbons (Fsp3) is 0.421. The summed E-state index contributed by atoms with van der Waals surface area (Å²) in [5.41, 5.74) is 1.08. The lowest BCUT2D eigenvalue weighted by atomic mass is 10.1. The molecule has 0 bridgehead atoms. The van der Waals surface area contributed by atoms with Gasteiger partial charge in [-0.05, 0) is 31.5 Å². The van der Waals surface area contributed by atoms with Gasteiger partial charge in [0, 0.05) is 44.3 Å². The average molecular weight is 370 g/mol. The molecule has 1 saturated heterocycles. The number of anilines is 1. The van der Waals surface area contributed by atoms with Crippen LogP contribution in [-0.4, -0.2) is 65.9 Å². The van der Waals surface area contributed by atoms with E-state index in [1.807, 2.05) is 11.6 Å². The van der Waals surface area contributed by atoms with Gasteiger partial charge in [-0.2, -0.15) is 0 Å². The molecule has 0 unspecified atom stereocenters. The molecule has 1 fully saturated rings. The van der Waals surface area contributed by atoms with Crippen LogP contribution in [0, 0.1) is 0 Å². The van der Waals surface area contributed by atoms with Crippen LogP contribution in [0.15, 0.2) is 35.8 Å². The number of thiazole rings is 1. The van der Waals surface area contributed by atoms with Crippen molar-refractivity contribution in [2.24, 2.45) is 0 Å². The Bertz CT molecular complexity index is 750. The van der Waals surface area contributed by atoms with Crippen molar-refractivity contribution in [1.82, 2.24) is 14.8 Å². The number of nitrogens with zero attached hydrogens (tertiary/aromatic N) is 4. The predicted molar refractivity (Wildman–Crippen MR) is 102 cm³/mol. The Morgan fingerprint density at radius 1 is 0.923 bits per heavy atom. The molecule has 0 aliphatic carbocycles. The number of rotatable bonds is 6. The Labute approximate surface area is 157 Å². The van der Waals surface area contributed by atoms with Crippen molar-refractivity contribution in [2.45, 2.75) is 12.8 Å². The molecule has 1 aromatic carbocycles. The second-order valence-electron chi connectivity index (χ2n) is 6.66. The van der Waals surface area contributed by atoms with Gasteiger partial charge in [0.25, 0.3) is 11.8 Å². The first-order valence-corrected chi connectivity index (χ1v) is 9.94. The van der Waals surface area contributed by atoms with Crippen molar-refractivity contribution >= 4 is 28.3 Å². The van der Waals surface area contributed by atoms with E-state index in [1.54, 1.807) is 35.6 Å². The van der Waals surface area contributed by atoms with Crippen LogP contribution in [0.4, 0.5) is 5.13 Å². The van der Waals surface area contributed by atoms with Crippen molar-refractivity contribution in [2.75, 3.05) is 44.2 Å². The summed E-state index contributed by atoms with van der Waals surface area (Å²) in [5.74, 6) is -0.301. The van der Waals surface area contributed by atoms with E-state index >= 15 is 0 Å². The lowest BCUT2D eigenvalue weighted by Gasteiger charge is -2.34. The summed E-state index contributed by atoms with van der Waals surface area (Å²) in [6.07, 6.45) is 3.69. The maximum absolute atomic E-state index is 12.3. The van der Waals surface area contributed by atoms with Crippen molar-refractivity contribution in [1.29, 1.82) is 0 Å². The summed E-state index contributed by atoms with van der Waals surface area (Å²) in [6.45, 7) is 5.59. The van der Waals surface area contributed by atoms with Crippen LogP contribution in [0.5, 0.6) is 0 Å². The van der Waals surface area contributed by atoms with E-state index in [-0.39, 0.29) is 11.8 Å². The number of hydrogen-bond donors (Lipinski definition) is 0. The number of hydrogen-bond acceptors (Lipinski definition) is 6. The molecule has 1 aromatic heterocycles. The quantitative estimate of drug-likeness (QED) is 0.577. The minimum Gasteiger partial charge on any atom is -0.346 e. The van der Waals surface area contributed by atoms with Gasteiger partial charge in [-0.25, -0.2) is 4.98 Å². The number of benzene rings is 1. The minimum atomic E-state index is -0.150. The van der Waals surface area contributed by atoms with Crippen molar-refractivity contribution in [3.63, 3.8) is 0 Å². The molecule has 0 spiro atoms. The highest BCUT2D eigenvalue weighted by atomic mass is 32.1. The Morgan fingerprint density at radius 3 is 2.19 bits per heavy atom. The number of carbonyl (C=O) groups excluding carboxylic acids is 2. The molecule has 0 radical (unpaired) electrons. The maximum atomic E-state index is 12.3. The van der Waals surface area contributed by atoms with Crippen LogP contribution in [0.2, 0.25) is 0 Å². The second kappa shape index (κ2) is 7.55. The topological polar surface area (TPSA) is 56.8 Å². The fourth-order valence-electron chi connectivity index (χ4n) is 3.58. The highest BCUT2D eigenvalue weighted by Crippen LogP contribution is 2.23. The van der Waals surface area contributed by atoms with E-state index in [0.29, 0.717) is 17.7 Å². The Hall–Kier alpha value is -2.25. The number of carbonyl (C=O) groups is 2. The summed E-state index contributed by atoms with van der Waals surface area (Å²) in [5, 5.41) is 3.12. The first-order chi connectivity index (χ1) is 12.7. The summed E-state index contributed by atoms with van der Waals surface area (Å²) < 4.78 is 0. The lowest BCUT2D eigenvalue weighted by Crippen LogP contribution is -2.46. The number of aromatic nitrogens is 1. The Balaban J connectivity index is 1.20. The zero-order valence-electron chi connectivity index (χ0n) is 14.6. The van der Waals surface area contributed by atoms with Crippen LogP contribution in [-0.2, 0) is 0 Å². The van der Waals surface area contributed by atoms with Gasteiger partial charge in [-0.3, -0.25) is 19.4 Å². The highest BCUT2D eigenvalue weighted by molar-refractivity contribution is 7.13. The summed E-state index contributed by atoms with van der Waals surface area (Å²) in [6, 6.07) is 7.08. The standard InChI is InChI=1S/C19H22N4O2S/c24-17-15-5-1-2-6-16(15)18(25)23(17)9-4-3-8-21-10-12-22(13-11-21)19-20-7-14-26-19/h1-2,5-7,14H,3-4,8-13H2. The van der Waals surface area contributed by atoms with Crippen molar-refractivity contribution < 1.29 is 9.59 Å². The largest absolute Gasteiger partial charge is 0.346 e. The fourth-order valence-corrected chi connectivity index (χ4v) is 4.28. The molecular weight excluding hydrogens is 348 g/mol. The summed E-state index contributed by atoms with van der Waals surface area (Å²) in [7, 11) is 0. The first-order valence-electron chi connectivity index (χ1n) is 9.06. The van der Waals surface area contributed by atoms with Crippen LogP contribution in [0.25, 0.3) is 0 Å². The SMILES string of the molecule is O=C1c2ccccc2C(=O)N1CCCCN1CCN(c2nccs2)CC1. The Kier molecular flexibility index (Phi) is 4.99. The van der Waals surface area contributed by atoms with Gasteiger partial charge in [-0.15, -0.1) is 11.3 Å². The molecule has 0 saturated carbocycles. The number of fused-ring (bicyclic) bond motifs is 1. The molecule has 26 heavy (non-hydrogen) atoms. The van der Waals surface area contributed by atoms with Crippen molar-refractivity contribution in [3.05, 3.63) is 47.0 Å². The third kappa shape index (κ3) is 3.37. The second-order valence-corrected chi connectivity index (χ2v) is 7.53. The predicted octanol–water partition coefficient (Wildman–Crippen LogP) is 2.34. The zero-order chi connectivity index (χ0) is 17.9. The molecule has 7 heteroatoms. The average Bonchev–Trinajstić information content (AvgIpc) is 3.29. The number of imide groups is 1. The molecule has 3 heterocycles. The number of amides is 2. The van der Waals surface area contributed by atoms with E-state index in [2.05, 4.69) is 14.8 Å². The molecule has 6 nitrogen and oxygen atoms in total. The minimum absolute atomic E-state index is 0.150. The third-order valence-corrected chi connectivity index (χ3v) is 5.88. The van der Waals surface area contributed by atoms with Gasteiger partial charge in [0.2, 0.25) is 0 Å². The van der Waals surface area contributed by atoms with Gasteiger partial charge in [-0.1, -0.05) is 12.1 Å². The molecule has 2 aliphatic heterocycles.